The van der Waals surface area contributed by atoms with Gasteiger partial charge in [0.05, 0.1) is 0 Å². The first-order valence-corrected chi connectivity index (χ1v) is 4.99. The summed E-state index contributed by atoms with van der Waals surface area (Å²) in [6.07, 6.45) is 0.489. The molecule has 0 fully saturated rings. The Labute approximate surface area is 70.6 Å². The number of aryl methyl sites for hydroxylation is 2. The molecule has 0 aliphatic heterocycles. The molecule has 0 bridgehead atoms. The number of hydrogen-bond acceptors (Lipinski definition) is 4. The lowest BCUT2D eigenvalue weighted by atomic mass is 10.3. The summed E-state index contributed by atoms with van der Waals surface area (Å²) in [5.74, 6) is 0.245. The van der Waals surface area contributed by atoms with E-state index < -0.39 is 10.0 Å². The Bertz CT molecular complexity index is 379. The molecule has 0 saturated heterocycles. The highest BCUT2D eigenvalue weighted by Gasteiger charge is 2.21. The van der Waals surface area contributed by atoms with Crippen molar-refractivity contribution in [2.75, 3.05) is 0 Å². The zero-order valence-electron chi connectivity index (χ0n) is 6.86. The number of aromatic nitrogens is 1. The Hall–Kier alpha value is -0.880. The molecule has 1 rings (SSSR count). The Kier molecular flexibility index (Phi) is 2.20. The summed E-state index contributed by atoms with van der Waals surface area (Å²) in [4.78, 5) is 0.0185. The third kappa shape index (κ3) is 1.49. The zero-order valence-corrected chi connectivity index (χ0v) is 7.68. The van der Waals surface area contributed by atoms with Crippen LogP contribution in [0.3, 0.4) is 0 Å². The second-order valence-electron chi connectivity index (χ2n) is 2.41. The predicted octanol–water partition coefficient (Wildman–Crippen LogP) is 0.193. The van der Waals surface area contributed by atoms with Crippen LogP contribution >= 0.6 is 0 Å². The van der Waals surface area contributed by atoms with Crippen molar-refractivity contribution in [3.05, 3.63) is 11.5 Å². The molecule has 2 N–H and O–H groups in total. The topological polar surface area (TPSA) is 86.2 Å². The summed E-state index contributed by atoms with van der Waals surface area (Å²) >= 11 is 0. The van der Waals surface area contributed by atoms with Gasteiger partial charge in [-0.25, -0.2) is 13.6 Å². The Morgan fingerprint density at radius 3 is 2.50 bits per heavy atom. The first kappa shape index (κ1) is 9.21. The van der Waals surface area contributed by atoms with Crippen LogP contribution in [0.15, 0.2) is 9.42 Å². The van der Waals surface area contributed by atoms with Crippen molar-refractivity contribution in [2.24, 2.45) is 5.14 Å². The van der Waals surface area contributed by atoms with Crippen molar-refractivity contribution < 1.29 is 12.9 Å². The lowest BCUT2D eigenvalue weighted by molar-refractivity contribution is 0.389. The largest absolute Gasteiger partial charge is 0.360 e. The molecule has 0 unspecified atom stereocenters. The van der Waals surface area contributed by atoms with Gasteiger partial charge in [0.25, 0.3) is 0 Å². The fraction of sp³-hybridized carbons (Fsp3) is 0.500. The lowest BCUT2D eigenvalue weighted by Gasteiger charge is -1.94. The summed E-state index contributed by atoms with van der Waals surface area (Å²) in [5.41, 5.74) is 0.384. The van der Waals surface area contributed by atoms with Crippen molar-refractivity contribution >= 4 is 10.0 Å². The van der Waals surface area contributed by atoms with E-state index in [1.165, 1.54) is 6.92 Å². The molecule has 0 radical (unpaired) electrons. The van der Waals surface area contributed by atoms with Crippen LogP contribution < -0.4 is 5.14 Å². The molecular formula is C6H10N2O3S. The molecule has 1 heterocycles. The number of nitrogens with two attached hydrogens (primary N) is 1. The summed E-state index contributed by atoms with van der Waals surface area (Å²) in [6, 6.07) is 0. The highest BCUT2D eigenvalue weighted by Crippen LogP contribution is 2.17. The minimum absolute atomic E-state index is 0.0185. The number of nitrogens with zero attached hydrogens (tertiary/aromatic N) is 1. The van der Waals surface area contributed by atoms with Crippen LogP contribution in [0.25, 0.3) is 0 Å². The Balaban J connectivity index is 3.39. The molecular weight excluding hydrogens is 180 g/mol. The van der Waals surface area contributed by atoms with Gasteiger partial charge < -0.3 is 4.52 Å². The van der Waals surface area contributed by atoms with E-state index in [1.54, 1.807) is 6.92 Å². The molecule has 68 valence electrons. The van der Waals surface area contributed by atoms with Gasteiger partial charge in [-0.2, -0.15) is 0 Å². The van der Waals surface area contributed by atoms with Gasteiger partial charge in [0.2, 0.25) is 10.0 Å². The average molecular weight is 190 g/mol. The van der Waals surface area contributed by atoms with Crippen LogP contribution in [0.1, 0.15) is 18.4 Å². The van der Waals surface area contributed by atoms with Crippen LogP contribution in [0.2, 0.25) is 0 Å². The molecule has 0 saturated carbocycles. The first-order chi connectivity index (χ1) is 5.46. The van der Waals surface area contributed by atoms with Gasteiger partial charge in [-0.15, -0.1) is 0 Å². The summed E-state index contributed by atoms with van der Waals surface area (Å²) in [7, 11) is -3.69. The highest BCUT2D eigenvalue weighted by atomic mass is 32.2. The third-order valence-corrected chi connectivity index (χ3v) is 2.59. The standard InChI is InChI=1S/C6H10N2O3S/c1-3-5-6(12(7,9)10)4(2)11-8-5/h3H2,1-2H3,(H2,7,9,10). The monoisotopic (exact) mass is 190 g/mol. The zero-order chi connectivity index (χ0) is 9.35. The second kappa shape index (κ2) is 2.87. The van der Waals surface area contributed by atoms with Gasteiger partial charge in [-0.3, -0.25) is 0 Å². The van der Waals surface area contributed by atoms with E-state index in [0.717, 1.165) is 0 Å². The summed E-state index contributed by atoms with van der Waals surface area (Å²) in [5, 5.41) is 8.52. The highest BCUT2D eigenvalue weighted by molar-refractivity contribution is 7.89. The smallest absolute Gasteiger partial charge is 0.243 e. The van der Waals surface area contributed by atoms with Gasteiger partial charge in [0, 0.05) is 0 Å². The Morgan fingerprint density at radius 2 is 2.17 bits per heavy atom. The molecule has 1 aromatic heterocycles. The molecule has 0 spiro atoms. The van der Waals surface area contributed by atoms with Crippen molar-refractivity contribution in [1.82, 2.24) is 5.16 Å². The Morgan fingerprint density at radius 1 is 1.58 bits per heavy atom. The third-order valence-electron chi connectivity index (χ3n) is 1.49. The van der Waals surface area contributed by atoms with E-state index in [2.05, 4.69) is 5.16 Å². The minimum atomic E-state index is -3.69. The molecule has 0 atom stereocenters. The number of sulfonamides is 1. The number of hydrogen-bond donors (Lipinski definition) is 1. The summed E-state index contributed by atoms with van der Waals surface area (Å²) in [6.45, 7) is 3.30. The minimum Gasteiger partial charge on any atom is -0.360 e. The van der Waals surface area contributed by atoms with Crippen molar-refractivity contribution in [3.8, 4) is 0 Å². The average Bonchev–Trinajstić information content (AvgIpc) is 2.29. The molecule has 0 aliphatic rings. The van der Waals surface area contributed by atoms with E-state index in [0.29, 0.717) is 12.1 Å². The molecule has 6 heteroatoms. The molecule has 0 aliphatic carbocycles. The van der Waals surface area contributed by atoms with Crippen molar-refractivity contribution in [2.45, 2.75) is 25.2 Å². The van der Waals surface area contributed by atoms with Crippen molar-refractivity contribution in [1.29, 1.82) is 0 Å². The maximum Gasteiger partial charge on any atom is 0.243 e. The van der Waals surface area contributed by atoms with Crippen molar-refractivity contribution in [3.63, 3.8) is 0 Å². The van der Waals surface area contributed by atoms with Gasteiger partial charge in [0.1, 0.15) is 10.6 Å². The molecule has 0 aromatic carbocycles. The van der Waals surface area contributed by atoms with E-state index in [1.807, 2.05) is 0 Å². The van der Waals surface area contributed by atoms with Crippen LogP contribution in [0.5, 0.6) is 0 Å². The van der Waals surface area contributed by atoms with Crippen LogP contribution in [-0.4, -0.2) is 13.6 Å². The number of primary sulfonamides is 1. The molecule has 5 nitrogen and oxygen atoms in total. The van der Waals surface area contributed by atoms with E-state index >= 15 is 0 Å². The summed E-state index contributed by atoms with van der Waals surface area (Å²) < 4.78 is 26.6. The molecule has 0 amide bonds. The molecule has 1 aromatic rings. The fourth-order valence-electron chi connectivity index (χ4n) is 0.999. The lowest BCUT2D eigenvalue weighted by Crippen LogP contribution is -2.14. The van der Waals surface area contributed by atoms with Crippen LogP contribution in [0, 0.1) is 6.92 Å². The number of rotatable bonds is 2. The van der Waals surface area contributed by atoms with E-state index in [9.17, 15) is 8.42 Å². The van der Waals surface area contributed by atoms with Gasteiger partial charge in [-0.05, 0) is 13.3 Å². The van der Waals surface area contributed by atoms with Gasteiger partial charge in [-0.1, -0.05) is 12.1 Å². The van der Waals surface area contributed by atoms with E-state index in [4.69, 9.17) is 9.66 Å². The maximum atomic E-state index is 11.0. The fourth-order valence-corrected chi connectivity index (χ4v) is 1.95. The normalized spacial score (nSPS) is 11.9. The predicted molar refractivity (Wildman–Crippen MR) is 42.0 cm³/mol. The SMILES string of the molecule is CCc1noc(C)c1S(N)(=O)=O. The first-order valence-electron chi connectivity index (χ1n) is 3.44. The van der Waals surface area contributed by atoms with Crippen LogP contribution in [-0.2, 0) is 16.4 Å². The maximum absolute atomic E-state index is 11.0. The second-order valence-corrected chi connectivity index (χ2v) is 3.91. The quantitative estimate of drug-likeness (QED) is 0.721. The van der Waals surface area contributed by atoms with E-state index in [-0.39, 0.29) is 10.7 Å². The van der Waals surface area contributed by atoms with Gasteiger partial charge in [0.15, 0.2) is 5.76 Å². The van der Waals surface area contributed by atoms with Crippen LogP contribution in [0.4, 0.5) is 0 Å². The molecule has 12 heavy (non-hydrogen) atoms. The van der Waals surface area contributed by atoms with Gasteiger partial charge >= 0.3 is 0 Å².